The van der Waals surface area contributed by atoms with Crippen molar-refractivity contribution in [1.82, 2.24) is 14.7 Å². The molecule has 0 radical (unpaired) electrons. The Morgan fingerprint density at radius 3 is 2.37 bits per heavy atom. The maximum absolute atomic E-state index is 10.5. The summed E-state index contributed by atoms with van der Waals surface area (Å²) in [4.78, 5) is 12.7. The number of nitrogens with zero attached hydrogens (tertiary/aromatic N) is 3. The van der Waals surface area contributed by atoms with Crippen LogP contribution in [0, 0.1) is 19.3 Å². The average molecular weight is 482 g/mol. The van der Waals surface area contributed by atoms with Crippen molar-refractivity contribution in [1.29, 1.82) is 0 Å². The molecule has 0 atom stereocenters. The van der Waals surface area contributed by atoms with E-state index >= 15 is 0 Å². The Morgan fingerprint density at radius 2 is 1.74 bits per heavy atom. The molecule has 3 N–H and O–H groups in total. The number of fused-ring (bicyclic) bond motifs is 1. The van der Waals surface area contributed by atoms with Gasteiger partial charge in [0.25, 0.3) is 0 Å². The van der Waals surface area contributed by atoms with Gasteiger partial charge in [-0.15, -0.1) is 5.10 Å². The van der Waals surface area contributed by atoms with Gasteiger partial charge in [-0.25, -0.2) is 0 Å². The van der Waals surface area contributed by atoms with Gasteiger partial charge in [0.1, 0.15) is 0 Å². The number of ether oxygens (including phenoxy) is 1. The number of aliphatic carboxylic acids is 1. The van der Waals surface area contributed by atoms with E-state index in [1.165, 1.54) is 5.56 Å². The van der Waals surface area contributed by atoms with E-state index in [0.717, 1.165) is 62.0 Å². The molecule has 1 aromatic heterocycles. The van der Waals surface area contributed by atoms with Crippen molar-refractivity contribution in [2.24, 2.45) is 17.6 Å². The standard InChI is InChI=1S/C19H23N3O.C8H15NO2.CH3/c1-21(2)13-8-14-23-19-17-11-6-7-12-18(17)22(20-19)15-16-9-4-3-5-10-16;9-5-6-1-3-7(4-2-6)8(10)11;/h3-7,9-12H,8,13-15H2,1-2H3;6-7H,1-5,9H2,(H,10,11);1H3/q;;-1. The third kappa shape index (κ3) is 8.67. The zero-order chi connectivity index (χ0) is 24.3. The molecule has 0 bridgehead atoms. The molecular weight excluding hydrogens is 440 g/mol. The minimum Gasteiger partial charge on any atom is -0.481 e. The minimum absolute atomic E-state index is 0. The number of carboxylic acid groups (broad SMARTS) is 1. The second-order valence-corrected chi connectivity index (χ2v) is 9.26. The van der Waals surface area contributed by atoms with E-state index in [9.17, 15) is 4.79 Å². The number of rotatable bonds is 9. The molecule has 1 fully saturated rings. The molecule has 1 aliphatic carbocycles. The Morgan fingerprint density at radius 1 is 1.09 bits per heavy atom. The highest BCUT2D eigenvalue weighted by Crippen LogP contribution is 2.28. The topological polar surface area (TPSA) is 93.6 Å². The Kier molecular flexibility index (Phi) is 11.7. The van der Waals surface area contributed by atoms with Gasteiger partial charge >= 0.3 is 5.97 Å². The van der Waals surface area contributed by atoms with Crippen LogP contribution in [0.5, 0.6) is 5.88 Å². The van der Waals surface area contributed by atoms with Crippen LogP contribution in [0.2, 0.25) is 0 Å². The fraction of sp³-hybridized carbons (Fsp3) is 0.464. The summed E-state index contributed by atoms with van der Waals surface area (Å²) < 4.78 is 7.95. The zero-order valence-corrected chi connectivity index (χ0v) is 21.4. The average Bonchev–Trinajstić information content (AvgIpc) is 3.20. The lowest BCUT2D eigenvalue weighted by Crippen LogP contribution is -2.25. The van der Waals surface area contributed by atoms with Crippen LogP contribution in [0.3, 0.4) is 0 Å². The monoisotopic (exact) mass is 481 g/mol. The number of hydrogen-bond donors (Lipinski definition) is 2. The maximum Gasteiger partial charge on any atom is 0.306 e. The van der Waals surface area contributed by atoms with Crippen LogP contribution in [0.15, 0.2) is 54.6 Å². The van der Waals surface area contributed by atoms with E-state index < -0.39 is 5.97 Å². The van der Waals surface area contributed by atoms with Crippen molar-refractivity contribution in [2.75, 3.05) is 33.8 Å². The van der Waals surface area contributed by atoms with Crippen molar-refractivity contribution in [2.45, 2.75) is 38.6 Å². The Hall–Kier alpha value is -2.90. The van der Waals surface area contributed by atoms with Crippen LogP contribution in [0.25, 0.3) is 10.9 Å². The lowest BCUT2D eigenvalue weighted by molar-refractivity contribution is -0.143. The van der Waals surface area contributed by atoms with E-state index in [0.29, 0.717) is 19.1 Å². The predicted molar refractivity (Wildman–Crippen MR) is 142 cm³/mol. The molecule has 1 heterocycles. The van der Waals surface area contributed by atoms with Crippen LogP contribution in [0.1, 0.15) is 37.7 Å². The van der Waals surface area contributed by atoms with Crippen molar-refractivity contribution in [3.63, 3.8) is 0 Å². The molecule has 35 heavy (non-hydrogen) atoms. The van der Waals surface area contributed by atoms with Crippen LogP contribution in [-0.2, 0) is 11.3 Å². The minimum atomic E-state index is -0.638. The second kappa shape index (κ2) is 14.5. The van der Waals surface area contributed by atoms with Crippen molar-refractivity contribution in [3.8, 4) is 5.88 Å². The molecule has 0 amide bonds. The fourth-order valence-corrected chi connectivity index (χ4v) is 4.28. The number of hydrogen-bond acceptors (Lipinski definition) is 5. The molecule has 1 saturated carbocycles. The van der Waals surface area contributed by atoms with Crippen molar-refractivity contribution < 1.29 is 14.6 Å². The Bertz CT molecular complexity index is 1010. The van der Waals surface area contributed by atoms with Crippen molar-refractivity contribution >= 4 is 16.9 Å². The van der Waals surface area contributed by atoms with Gasteiger partial charge in [-0.05, 0) is 76.4 Å². The molecule has 4 rings (SSSR count). The molecule has 0 spiro atoms. The number of benzene rings is 2. The highest BCUT2D eigenvalue weighted by Gasteiger charge is 2.24. The summed E-state index contributed by atoms with van der Waals surface area (Å²) in [5.41, 5.74) is 7.82. The Labute approximate surface area is 209 Å². The molecule has 3 aromatic rings. The molecule has 7 heteroatoms. The van der Waals surface area contributed by atoms with E-state index in [1.807, 2.05) is 22.9 Å². The largest absolute Gasteiger partial charge is 0.481 e. The van der Waals surface area contributed by atoms with Gasteiger partial charge in [0, 0.05) is 6.54 Å². The normalized spacial score (nSPS) is 17.4. The summed E-state index contributed by atoms with van der Waals surface area (Å²) in [5, 5.41) is 14.4. The third-order valence-electron chi connectivity index (χ3n) is 6.32. The summed E-state index contributed by atoms with van der Waals surface area (Å²) in [6.45, 7) is 3.17. The fourth-order valence-electron chi connectivity index (χ4n) is 4.28. The number of nitrogens with two attached hydrogens (primary N) is 1. The third-order valence-corrected chi connectivity index (χ3v) is 6.32. The van der Waals surface area contributed by atoms with Crippen molar-refractivity contribution in [3.05, 3.63) is 67.6 Å². The smallest absolute Gasteiger partial charge is 0.306 e. The maximum atomic E-state index is 10.5. The molecule has 0 aliphatic heterocycles. The predicted octanol–water partition coefficient (Wildman–Crippen LogP) is 4.70. The van der Waals surface area contributed by atoms with E-state index in [1.54, 1.807) is 0 Å². The number of carboxylic acids is 1. The van der Waals surface area contributed by atoms with Gasteiger partial charge in [0.15, 0.2) is 0 Å². The first-order valence-electron chi connectivity index (χ1n) is 12.2. The lowest BCUT2D eigenvalue weighted by Gasteiger charge is -2.24. The molecule has 7 nitrogen and oxygen atoms in total. The van der Waals surface area contributed by atoms with Crippen LogP contribution in [-0.4, -0.2) is 59.5 Å². The molecule has 0 saturated heterocycles. The highest BCUT2D eigenvalue weighted by atomic mass is 16.5. The summed E-state index contributed by atoms with van der Waals surface area (Å²) >= 11 is 0. The van der Waals surface area contributed by atoms with Gasteiger partial charge < -0.3 is 27.9 Å². The highest BCUT2D eigenvalue weighted by molar-refractivity contribution is 5.84. The zero-order valence-electron chi connectivity index (χ0n) is 21.4. The molecule has 0 unspecified atom stereocenters. The summed E-state index contributed by atoms with van der Waals surface area (Å²) in [6, 6.07) is 18.6. The van der Waals surface area contributed by atoms with Crippen LogP contribution < -0.4 is 10.5 Å². The first-order chi connectivity index (χ1) is 16.5. The first-order valence-corrected chi connectivity index (χ1v) is 12.2. The van der Waals surface area contributed by atoms with Crippen LogP contribution in [0.4, 0.5) is 0 Å². The van der Waals surface area contributed by atoms with Gasteiger partial charge in [0.05, 0.1) is 30.0 Å². The number of carbonyl (C=O) groups is 1. The second-order valence-electron chi connectivity index (χ2n) is 9.26. The molecule has 1 aliphatic rings. The number of aromatic nitrogens is 2. The van der Waals surface area contributed by atoms with E-state index in [2.05, 4.69) is 60.5 Å². The van der Waals surface area contributed by atoms with Crippen LogP contribution >= 0.6 is 0 Å². The van der Waals surface area contributed by atoms with Gasteiger partial charge in [0.2, 0.25) is 5.88 Å². The lowest BCUT2D eigenvalue weighted by atomic mass is 9.82. The molecule has 2 aromatic carbocycles. The summed E-state index contributed by atoms with van der Waals surface area (Å²) in [7, 11) is 4.15. The number of para-hydroxylation sites is 1. The summed E-state index contributed by atoms with van der Waals surface area (Å²) in [5.74, 6) is 0.569. The first kappa shape index (κ1) is 28.3. The van der Waals surface area contributed by atoms with E-state index in [4.69, 9.17) is 15.6 Å². The van der Waals surface area contributed by atoms with Gasteiger partial charge in [-0.3, -0.25) is 9.48 Å². The summed E-state index contributed by atoms with van der Waals surface area (Å²) in [6.07, 6.45) is 4.61. The SMILES string of the molecule is CN(C)CCCOc1nn(Cc2ccccc2)c2ccccc12.NCC1CCC(C(=O)O)CC1.[CH3-]. The molecular formula is C28H41N4O3-. The quantitative estimate of drug-likeness (QED) is 0.340. The van der Waals surface area contributed by atoms with Gasteiger partial charge in [-0.1, -0.05) is 42.5 Å². The van der Waals surface area contributed by atoms with E-state index in [-0.39, 0.29) is 13.3 Å². The Balaban J connectivity index is 0.000000305. The van der Waals surface area contributed by atoms with Gasteiger partial charge in [-0.2, -0.15) is 0 Å². The molecule has 192 valence electrons.